The van der Waals surface area contributed by atoms with Crippen LogP contribution in [0, 0.1) is 5.92 Å². The van der Waals surface area contributed by atoms with Crippen molar-refractivity contribution in [3.63, 3.8) is 0 Å². The average Bonchev–Trinajstić information content (AvgIpc) is 2.52. The molecule has 0 saturated carbocycles. The Kier molecular flexibility index (Phi) is 8.83. The van der Waals surface area contributed by atoms with Gasteiger partial charge in [0.1, 0.15) is 21.7 Å². The highest BCUT2D eigenvalue weighted by Gasteiger charge is 2.29. The maximum Gasteiger partial charge on any atom is 0.408 e. The van der Waals surface area contributed by atoms with Crippen molar-refractivity contribution in [3.8, 4) is 5.75 Å². The van der Waals surface area contributed by atoms with Crippen molar-refractivity contribution in [3.05, 3.63) is 25.1 Å². The van der Waals surface area contributed by atoms with E-state index in [0.29, 0.717) is 6.42 Å². The number of nitrogens with one attached hydrogen (secondary N) is 1. The Balaban J connectivity index is 3.10. The van der Waals surface area contributed by atoms with Gasteiger partial charge in [0.05, 0.1) is 15.1 Å². The zero-order valence-electron chi connectivity index (χ0n) is 15.4. The third kappa shape index (κ3) is 7.06. The second kappa shape index (κ2) is 9.75. The molecular weight excluding hydrogens is 459 g/mol. The summed E-state index contributed by atoms with van der Waals surface area (Å²) in [4.78, 5) is 24.7. The standard InChI is InChI=1S/C17H20Cl5NO4/c1-7(2)6-8(23-16(25)27-17(3,4)5)15(24)26-14-12(21)10(19)9(18)11(20)13(14)22/h7-8H,6H2,1-5H3,(H,23,25)/t8-/m0/s1. The summed E-state index contributed by atoms with van der Waals surface area (Å²) < 4.78 is 10.5. The molecule has 1 aromatic rings. The summed E-state index contributed by atoms with van der Waals surface area (Å²) in [5, 5.41) is 1.91. The molecule has 0 radical (unpaired) electrons. The second-order valence-corrected chi connectivity index (χ2v) is 9.04. The van der Waals surface area contributed by atoms with Gasteiger partial charge in [-0.2, -0.15) is 0 Å². The number of carbonyl (C=O) groups excluding carboxylic acids is 2. The van der Waals surface area contributed by atoms with Gasteiger partial charge in [0, 0.05) is 0 Å². The van der Waals surface area contributed by atoms with Gasteiger partial charge < -0.3 is 14.8 Å². The lowest BCUT2D eigenvalue weighted by Gasteiger charge is -2.24. The Morgan fingerprint density at radius 3 is 1.78 bits per heavy atom. The molecule has 1 rings (SSSR count). The van der Waals surface area contributed by atoms with E-state index in [2.05, 4.69) is 5.32 Å². The Morgan fingerprint density at radius 2 is 1.37 bits per heavy atom. The first kappa shape index (κ1) is 24.4. The normalized spacial score (nSPS) is 12.7. The zero-order chi connectivity index (χ0) is 21.1. The molecule has 0 heterocycles. The number of rotatable bonds is 5. The monoisotopic (exact) mass is 477 g/mol. The molecule has 1 aromatic carbocycles. The van der Waals surface area contributed by atoms with Gasteiger partial charge in [-0.25, -0.2) is 9.59 Å². The number of halogens is 5. The van der Waals surface area contributed by atoms with E-state index in [-0.39, 0.29) is 36.8 Å². The fourth-order valence-electron chi connectivity index (χ4n) is 1.98. The Hall–Kier alpha value is -0.590. The summed E-state index contributed by atoms with van der Waals surface area (Å²) >= 11 is 30.0. The van der Waals surface area contributed by atoms with Crippen LogP contribution in [0.25, 0.3) is 0 Å². The van der Waals surface area contributed by atoms with Crippen molar-refractivity contribution in [2.45, 2.75) is 52.7 Å². The van der Waals surface area contributed by atoms with Crippen molar-refractivity contribution < 1.29 is 19.1 Å². The van der Waals surface area contributed by atoms with E-state index in [1.807, 2.05) is 13.8 Å². The minimum absolute atomic E-state index is 0.0567. The molecule has 5 nitrogen and oxygen atoms in total. The summed E-state index contributed by atoms with van der Waals surface area (Å²) in [7, 11) is 0. The summed E-state index contributed by atoms with van der Waals surface area (Å²) in [6, 6.07) is -1.000. The molecule has 0 aliphatic rings. The summed E-state index contributed by atoms with van der Waals surface area (Å²) in [5.74, 6) is -0.962. The topological polar surface area (TPSA) is 64.6 Å². The molecule has 0 spiro atoms. The van der Waals surface area contributed by atoms with Crippen LogP contribution in [0.2, 0.25) is 25.1 Å². The highest BCUT2D eigenvalue weighted by atomic mass is 35.5. The number of benzene rings is 1. The van der Waals surface area contributed by atoms with E-state index >= 15 is 0 Å². The van der Waals surface area contributed by atoms with Gasteiger partial charge in [-0.15, -0.1) is 0 Å². The third-order valence-electron chi connectivity index (χ3n) is 3.05. The van der Waals surface area contributed by atoms with Crippen LogP contribution in [0.4, 0.5) is 4.79 Å². The second-order valence-electron chi connectivity index (χ2n) is 7.15. The lowest BCUT2D eigenvalue weighted by molar-refractivity contribution is -0.137. The van der Waals surface area contributed by atoms with Crippen LogP contribution in [0.1, 0.15) is 41.0 Å². The Labute approximate surface area is 183 Å². The average molecular weight is 480 g/mol. The number of hydrogen-bond acceptors (Lipinski definition) is 4. The van der Waals surface area contributed by atoms with Crippen molar-refractivity contribution in [2.75, 3.05) is 0 Å². The lowest BCUT2D eigenvalue weighted by atomic mass is 10.0. The molecule has 0 aliphatic carbocycles. The maximum atomic E-state index is 12.6. The maximum absolute atomic E-state index is 12.6. The van der Waals surface area contributed by atoms with Crippen molar-refractivity contribution in [1.29, 1.82) is 0 Å². The van der Waals surface area contributed by atoms with Gasteiger partial charge in [0.2, 0.25) is 0 Å². The number of alkyl carbamates (subject to hydrolysis) is 1. The molecular formula is C17H20Cl5NO4. The molecule has 0 fully saturated rings. The third-order valence-corrected chi connectivity index (χ3v) is 5.30. The number of carbonyl (C=O) groups is 2. The van der Waals surface area contributed by atoms with Crippen LogP contribution in [0.5, 0.6) is 5.75 Å². The largest absolute Gasteiger partial charge is 0.444 e. The minimum Gasteiger partial charge on any atom is -0.444 e. The van der Waals surface area contributed by atoms with Crippen LogP contribution < -0.4 is 10.1 Å². The number of amides is 1. The summed E-state index contributed by atoms with van der Waals surface area (Å²) in [6.07, 6.45) is -0.461. The SMILES string of the molecule is CC(C)C[C@H](NC(=O)OC(C)(C)C)C(=O)Oc1c(Cl)c(Cl)c(Cl)c(Cl)c1Cl. The molecule has 0 aromatic heterocycles. The first-order valence-electron chi connectivity index (χ1n) is 7.97. The molecule has 152 valence electrons. The molecule has 27 heavy (non-hydrogen) atoms. The quantitative estimate of drug-likeness (QED) is 0.218. The van der Waals surface area contributed by atoms with Crippen molar-refractivity contribution in [2.24, 2.45) is 5.92 Å². The fourth-order valence-corrected chi connectivity index (χ4v) is 3.18. The smallest absolute Gasteiger partial charge is 0.408 e. The van der Waals surface area contributed by atoms with Crippen LogP contribution in [-0.4, -0.2) is 23.7 Å². The number of hydrogen-bond donors (Lipinski definition) is 1. The zero-order valence-corrected chi connectivity index (χ0v) is 19.2. The fraction of sp³-hybridized carbons (Fsp3) is 0.529. The van der Waals surface area contributed by atoms with E-state index in [0.717, 1.165) is 0 Å². The van der Waals surface area contributed by atoms with Gasteiger partial charge in [-0.3, -0.25) is 0 Å². The molecule has 1 amide bonds. The lowest BCUT2D eigenvalue weighted by Crippen LogP contribution is -2.45. The van der Waals surface area contributed by atoms with Gasteiger partial charge in [-0.1, -0.05) is 71.9 Å². The highest BCUT2D eigenvalue weighted by Crippen LogP contribution is 2.48. The number of ether oxygens (including phenoxy) is 2. The Bertz CT molecular complexity index is 702. The van der Waals surface area contributed by atoms with Gasteiger partial charge in [0.15, 0.2) is 5.75 Å². The van der Waals surface area contributed by atoms with Crippen LogP contribution >= 0.6 is 58.0 Å². The molecule has 1 atom stereocenters. The summed E-state index contributed by atoms with van der Waals surface area (Å²) in [6.45, 7) is 8.89. The molecule has 0 aliphatic heterocycles. The number of esters is 1. The van der Waals surface area contributed by atoms with Crippen LogP contribution in [0.15, 0.2) is 0 Å². The predicted molar refractivity (Wildman–Crippen MR) is 110 cm³/mol. The van der Waals surface area contributed by atoms with E-state index in [4.69, 9.17) is 67.5 Å². The molecule has 0 unspecified atom stereocenters. The molecule has 1 N–H and O–H groups in total. The predicted octanol–water partition coefficient (Wildman–Crippen LogP) is 6.80. The van der Waals surface area contributed by atoms with Gasteiger partial charge >= 0.3 is 12.1 Å². The summed E-state index contributed by atoms with van der Waals surface area (Å²) in [5.41, 5.74) is -0.722. The first-order chi connectivity index (χ1) is 12.2. The van der Waals surface area contributed by atoms with E-state index in [1.165, 1.54) is 0 Å². The molecule has 0 saturated heterocycles. The van der Waals surface area contributed by atoms with E-state index in [9.17, 15) is 9.59 Å². The molecule has 10 heteroatoms. The van der Waals surface area contributed by atoms with E-state index in [1.54, 1.807) is 20.8 Å². The van der Waals surface area contributed by atoms with Crippen LogP contribution in [0.3, 0.4) is 0 Å². The van der Waals surface area contributed by atoms with E-state index < -0.39 is 23.7 Å². The van der Waals surface area contributed by atoms with Crippen molar-refractivity contribution >= 4 is 70.1 Å². The highest BCUT2D eigenvalue weighted by molar-refractivity contribution is 6.55. The van der Waals surface area contributed by atoms with Crippen LogP contribution in [-0.2, 0) is 9.53 Å². The Morgan fingerprint density at radius 1 is 0.926 bits per heavy atom. The van der Waals surface area contributed by atoms with Gasteiger partial charge in [0.25, 0.3) is 0 Å². The molecule has 0 bridgehead atoms. The first-order valence-corrected chi connectivity index (χ1v) is 9.86. The van der Waals surface area contributed by atoms with Crippen molar-refractivity contribution in [1.82, 2.24) is 5.32 Å². The van der Waals surface area contributed by atoms with Gasteiger partial charge in [-0.05, 0) is 33.1 Å². The minimum atomic E-state index is -1.000.